The Hall–Kier alpha value is -0.340. The molecule has 0 bridgehead atoms. The second-order valence-corrected chi connectivity index (χ2v) is 5.94. The van der Waals surface area contributed by atoms with Crippen LogP contribution in [0.4, 0.5) is 0 Å². The van der Waals surface area contributed by atoms with Gasteiger partial charge >= 0.3 is 0 Å². The van der Waals surface area contributed by atoms with Gasteiger partial charge in [0.15, 0.2) is 0 Å². The summed E-state index contributed by atoms with van der Waals surface area (Å²) in [7, 11) is 0. The first kappa shape index (κ1) is 12.1. The van der Waals surface area contributed by atoms with Crippen molar-refractivity contribution in [1.29, 1.82) is 0 Å². The average molecular weight is 282 g/mol. The SMILES string of the molecule is CC(CC1CC1)N[C@H](C)c1ccc(Br)cc1. The van der Waals surface area contributed by atoms with E-state index in [0.717, 1.165) is 10.4 Å². The summed E-state index contributed by atoms with van der Waals surface area (Å²) in [6, 6.07) is 9.67. The van der Waals surface area contributed by atoms with Crippen LogP contribution in [-0.4, -0.2) is 6.04 Å². The van der Waals surface area contributed by atoms with Crippen LogP contribution in [-0.2, 0) is 0 Å². The monoisotopic (exact) mass is 281 g/mol. The van der Waals surface area contributed by atoms with E-state index in [1.165, 1.54) is 24.8 Å². The summed E-state index contributed by atoms with van der Waals surface area (Å²) in [4.78, 5) is 0. The summed E-state index contributed by atoms with van der Waals surface area (Å²) >= 11 is 3.47. The molecule has 1 nitrogen and oxygen atoms in total. The van der Waals surface area contributed by atoms with Gasteiger partial charge in [-0.15, -0.1) is 0 Å². The average Bonchev–Trinajstić information content (AvgIpc) is 3.02. The first-order chi connectivity index (χ1) is 7.65. The molecule has 1 aliphatic rings. The molecule has 0 saturated heterocycles. The third kappa shape index (κ3) is 3.60. The molecule has 0 aromatic heterocycles. The Morgan fingerprint density at radius 1 is 1.25 bits per heavy atom. The van der Waals surface area contributed by atoms with Crippen molar-refractivity contribution >= 4 is 15.9 Å². The quantitative estimate of drug-likeness (QED) is 0.849. The zero-order valence-electron chi connectivity index (χ0n) is 10.0. The normalized spacial score (nSPS) is 19.4. The lowest BCUT2D eigenvalue weighted by molar-refractivity contribution is 0.438. The fraction of sp³-hybridized carbons (Fsp3) is 0.571. The number of halogens is 1. The Labute approximate surface area is 107 Å². The third-order valence-corrected chi connectivity index (χ3v) is 3.82. The Bertz CT molecular complexity index is 329. The van der Waals surface area contributed by atoms with Crippen LogP contribution in [0.25, 0.3) is 0 Å². The van der Waals surface area contributed by atoms with E-state index in [-0.39, 0.29) is 0 Å². The Balaban J connectivity index is 1.85. The van der Waals surface area contributed by atoms with Crippen LogP contribution in [0, 0.1) is 5.92 Å². The van der Waals surface area contributed by atoms with E-state index in [4.69, 9.17) is 0 Å². The fourth-order valence-electron chi connectivity index (χ4n) is 2.20. The summed E-state index contributed by atoms with van der Waals surface area (Å²) in [5.74, 6) is 1.000. The lowest BCUT2D eigenvalue weighted by atomic mass is 10.1. The van der Waals surface area contributed by atoms with Crippen molar-refractivity contribution in [2.75, 3.05) is 0 Å². The molecule has 2 atom stereocenters. The number of hydrogen-bond acceptors (Lipinski definition) is 1. The van der Waals surface area contributed by atoms with Crippen molar-refractivity contribution in [3.63, 3.8) is 0 Å². The minimum Gasteiger partial charge on any atom is -0.308 e. The summed E-state index contributed by atoms with van der Waals surface area (Å²) < 4.78 is 1.15. The van der Waals surface area contributed by atoms with Gasteiger partial charge in [-0.3, -0.25) is 0 Å². The van der Waals surface area contributed by atoms with Gasteiger partial charge in [0.25, 0.3) is 0 Å². The molecule has 1 aromatic rings. The van der Waals surface area contributed by atoms with Gasteiger partial charge in [-0.1, -0.05) is 40.9 Å². The van der Waals surface area contributed by atoms with Crippen LogP contribution in [0.5, 0.6) is 0 Å². The molecule has 16 heavy (non-hydrogen) atoms. The molecule has 0 radical (unpaired) electrons. The number of hydrogen-bond donors (Lipinski definition) is 1. The summed E-state index contributed by atoms with van der Waals surface area (Å²) in [6.45, 7) is 4.54. The van der Waals surface area contributed by atoms with Gasteiger partial charge in [-0.2, -0.15) is 0 Å². The zero-order valence-corrected chi connectivity index (χ0v) is 11.6. The molecule has 1 aliphatic carbocycles. The summed E-state index contributed by atoms with van der Waals surface area (Å²) in [6.07, 6.45) is 4.22. The van der Waals surface area contributed by atoms with Crippen LogP contribution < -0.4 is 5.32 Å². The second-order valence-electron chi connectivity index (χ2n) is 5.02. The number of rotatable bonds is 5. The van der Waals surface area contributed by atoms with E-state index in [9.17, 15) is 0 Å². The predicted octanol–water partition coefficient (Wildman–Crippen LogP) is 4.29. The predicted molar refractivity (Wildman–Crippen MR) is 72.5 cm³/mol. The molecule has 1 N–H and O–H groups in total. The van der Waals surface area contributed by atoms with E-state index < -0.39 is 0 Å². The van der Waals surface area contributed by atoms with Crippen LogP contribution in [0.1, 0.15) is 44.7 Å². The standard InChI is InChI=1S/C14H20BrN/c1-10(9-12-3-4-12)16-11(2)13-5-7-14(15)8-6-13/h5-8,10-12,16H,3-4,9H2,1-2H3/t10?,11-/m1/s1. The molecule has 0 heterocycles. The zero-order chi connectivity index (χ0) is 11.5. The fourth-order valence-corrected chi connectivity index (χ4v) is 2.46. The molecular weight excluding hydrogens is 262 g/mol. The van der Waals surface area contributed by atoms with Crippen LogP contribution in [0.3, 0.4) is 0 Å². The lowest BCUT2D eigenvalue weighted by Crippen LogP contribution is -2.29. The van der Waals surface area contributed by atoms with Crippen molar-refractivity contribution in [3.05, 3.63) is 34.3 Å². The van der Waals surface area contributed by atoms with E-state index >= 15 is 0 Å². The van der Waals surface area contributed by atoms with Gasteiger partial charge in [-0.25, -0.2) is 0 Å². The van der Waals surface area contributed by atoms with E-state index in [0.29, 0.717) is 12.1 Å². The Kier molecular flexibility index (Phi) is 4.04. The van der Waals surface area contributed by atoms with Gasteiger partial charge in [0.2, 0.25) is 0 Å². The van der Waals surface area contributed by atoms with E-state index in [1.54, 1.807) is 0 Å². The first-order valence-electron chi connectivity index (χ1n) is 6.16. The highest BCUT2D eigenvalue weighted by Crippen LogP contribution is 2.33. The number of nitrogens with one attached hydrogen (secondary N) is 1. The molecular formula is C14H20BrN. The van der Waals surface area contributed by atoms with Gasteiger partial charge in [0.05, 0.1) is 0 Å². The van der Waals surface area contributed by atoms with Crippen molar-refractivity contribution in [1.82, 2.24) is 5.32 Å². The molecule has 0 amide bonds. The molecule has 2 rings (SSSR count). The topological polar surface area (TPSA) is 12.0 Å². The molecule has 0 spiro atoms. The Morgan fingerprint density at radius 3 is 2.44 bits per heavy atom. The van der Waals surface area contributed by atoms with Gasteiger partial charge in [0.1, 0.15) is 0 Å². The maximum atomic E-state index is 3.67. The minimum absolute atomic E-state index is 0.446. The molecule has 1 fully saturated rings. The third-order valence-electron chi connectivity index (χ3n) is 3.29. The summed E-state index contributed by atoms with van der Waals surface area (Å²) in [5.41, 5.74) is 1.37. The molecule has 1 saturated carbocycles. The highest BCUT2D eigenvalue weighted by Gasteiger charge is 2.24. The second kappa shape index (κ2) is 5.33. The van der Waals surface area contributed by atoms with Crippen molar-refractivity contribution < 1.29 is 0 Å². The van der Waals surface area contributed by atoms with Crippen LogP contribution >= 0.6 is 15.9 Å². The molecule has 2 heteroatoms. The van der Waals surface area contributed by atoms with Gasteiger partial charge in [-0.05, 0) is 43.9 Å². The maximum absolute atomic E-state index is 3.67. The lowest BCUT2D eigenvalue weighted by Gasteiger charge is -2.20. The minimum atomic E-state index is 0.446. The van der Waals surface area contributed by atoms with Crippen LogP contribution in [0.2, 0.25) is 0 Å². The van der Waals surface area contributed by atoms with Crippen molar-refractivity contribution in [2.45, 2.75) is 45.2 Å². The van der Waals surface area contributed by atoms with Gasteiger partial charge < -0.3 is 5.32 Å². The Morgan fingerprint density at radius 2 is 1.88 bits per heavy atom. The first-order valence-corrected chi connectivity index (χ1v) is 6.96. The van der Waals surface area contributed by atoms with E-state index in [2.05, 4.69) is 59.4 Å². The molecule has 1 aromatic carbocycles. The van der Waals surface area contributed by atoms with E-state index in [1.807, 2.05) is 0 Å². The largest absolute Gasteiger partial charge is 0.308 e. The smallest absolute Gasteiger partial charge is 0.0294 e. The molecule has 88 valence electrons. The van der Waals surface area contributed by atoms with Crippen LogP contribution in [0.15, 0.2) is 28.7 Å². The molecule has 1 unspecified atom stereocenters. The van der Waals surface area contributed by atoms with Gasteiger partial charge in [0, 0.05) is 16.6 Å². The highest BCUT2D eigenvalue weighted by molar-refractivity contribution is 9.10. The molecule has 0 aliphatic heterocycles. The summed E-state index contributed by atoms with van der Waals surface area (Å²) in [5, 5.41) is 3.67. The number of benzene rings is 1. The van der Waals surface area contributed by atoms with Crippen molar-refractivity contribution in [3.8, 4) is 0 Å². The maximum Gasteiger partial charge on any atom is 0.0294 e. The van der Waals surface area contributed by atoms with Crippen molar-refractivity contribution in [2.24, 2.45) is 5.92 Å². The highest BCUT2D eigenvalue weighted by atomic mass is 79.9.